The van der Waals surface area contributed by atoms with Gasteiger partial charge in [0.05, 0.1) is 17.2 Å². The summed E-state index contributed by atoms with van der Waals surface area (Å²) in [6, 6.07) is 5.58. The summed E-state index contributed by atoms with van der Waals surface area (Å²) in [4.78, 5) is 7.60. The predicted octanol–water partition coefficient (Wildman–Crippen LogP) is 3.86. The van der Waals surface area contributed by atoms with Crippen LogP contribution in [0, 0.1) is 0 Å². The van der Waals surface area contributed by atoms with E-state index in [0.29, 0.717) is 5.75 Å². The van der Waals surface area contributed by atoms with Crippen LogP contribution in [0.2, 0.25) is 0 Å². The number of benzene rings is 1. The number of rotatable bonds is 4. The van der Waals surface area contributed by atoms with Crippen LogP contribution < -0.4 is 5.32 Å². The highest BCUT2D eigenvalue weighted by atomic mass is 32.1. The molecule has 3 aromatic rings. The molecule has 0 aliphatic heterocycles. The highest BCUT2D eigenvalue weighted by Crippen LogP contribution is 2.26. The zero-order valence-electron chi connectivity index (χ0n) is 12.6. The van der Waals surface area contributed by atoms with Gasteiger partial charge in [0.2, 0.25) is 0 Å². The molecule has 3 rings (SSSR count). The number of nitrogens with zero attached hydrogens (tertiary/aromatic N) is 1. The molecule has 5 heteroatoms. The molecule has 1 atom stereocenters. The number of aromatic hydroxyl groups is 1. The quantitative estimate of drug-likeness (QED) is 0.686. The van der Waals surface area contributed by atoms with E-state index in [0.717, 1.165) is 23.0 Å². The first-order valence-corrected chi connectivity index (χ1v) is 8.06. The topological polar surface area (TPSA) is 60.9 Å². The predicted molar refractivity (Wildman–Crippen MR) is 88.9 cm³/mol. The first-order valence-electron chi connectivity index (χ1n) is 7.12. The highest BCUT2D eigenvalue weighted by molar-refractivity contribution is 7.07. The third-order valence-electron chi connectivity index (χ3n) is 3.33. The van der Waals surface area contributed by atoms with Crippen molar-refractivity contribution < 1.29 is 5.11 Å². The SMILES string of the molecule is CC.CN[C@@H](Cc1c[nH]c2ccc(O)cc12)c1cscn1. The molecule has 3 N–H and O–H groups in total. The Kier molecular flexibility index (Phi) is 5.36. The molecule has 0 spiro atoms. The molecule has 0 aliphatic carbocycles. The van der Waals surface area contributed by atoms with Crippen LogP contribution >= 0.6 is 11.3 Å². The Morgan fingerprint density at radius 3 is 2.86 bits per heavy atom. The van der Waals surface area contributed by atoms with Crippen LogP contribution in [0.25, 0.3) is 10.9 Å². The second-order valence-corrected chi connectivity index (χ2v) is 5.22. The number of thiazole rings is 1. The van der Waals surface area contributed by atoms with Gasteiger partial charge in [-0.25, -0.2) is 4.98 Å². The lowest BCUT2D eigenvalue weighted by Crippen LogP contribution is -2.18. The Bertz CT molecular complexity index is 676. The summed E-state index contributed by atoms with van der Waals surface area (Å²) in [6.07, 6.45) is 2.84. The van der Waals surface area contributed by atoms with Gasteiger partial charge in [0, 0.05) is 22.5 Å². The zero-order valence-corrected chi connectivity index (χ0v) is 13.4. The molecule has 0 bridgehead atoms. The average molecular weight is 303 g/mol. The molecular formula is C16H21N3OS. The second-order valence-electron chi connectivity index (χ2n) is 4.50. The van der Waals surface area contributed by atoms with Crippen LogP contribution in [0.5, 0.6) is 5.75 Å². The van der Waals surface area contributed by atoms with Gasteiger partial charge in [-0.1, -0.05) is 13.8 Å². The first-order chi connectivity index (χ1) is 10.3. The molecule has 0 aliphatic rings. The highest BCUT2D eigenvalue weighted by Gasteiger charge is 2.14. The Morgan fingerprint density at radius 2 is 2.19 bits per heavy atom. The normalized spacial score (nSPS) is 12.0. The molecule has 0 radical (unpaired) electrons. The van der Waals surface area contributed by atoms with E-state index in [-0.39, 0.29) is 6.04 Å². The Balaban J connectivity index is 0.000000774. The van der Waals surface area contributed by atoms with Gasteiger partial charge in [-0.3, -0.25) is 0 Å². The van der Waals surface area contributed by atoms with Gasteiger partial charge >= 0.3 is 0 Å². The van der Waals surface area contributed by atoms with Gasteiger partial charge in [-0.15, -0.1) is 11.3 Å². The fraction of sp³-hybridized carbons (Fsp3) is 0.312. The van der Waals surface area contributed by atoms with E-state index in [1.54, 1.807) is 23.5 Å². The zero-order chi connectivity index (χ0) is 15.2. The van der Waals surface area contributed by atoms with Crippen molar-refractivity contribution in [2.45, 2.75) is 26.3 Å². The van der Waals surface area contributed by atoms with E-state index in [2.05, 4.69) is 20.7 Å². The van der Waals surface area contributed by atoms with E-state index in [1.165, 1.54) is 5.56 Å². The molecule has 21 heavy (non-hydrogen) atoms. The number of aromatic amines is 1. The van der Waals surface area contributed by atoms with Crippen molar-refractivity contribution in [2.75, 3.05) is 7.05 Å². The molecule has 0 fully saturated rings. The Morgan fingerprint density at radius 1 is 1.38 bits per heavy atom. The second kappa shape index (κ2) is 7.24. The van der Waals surface area contributed by atoms with Crippen molar-refractivity contribution in [2.24, 2.45) is 0 Å². The van der Waals surface area contributed by atoms with Gasteiger partial charge in [0.25, 0.3) is 0 Å². The van der Waals surface area contributed by atoms with Crippen LogP contribution in [-0.2, 0) is 6.42 Å². The molecule has 112 valence electrons. The molecule has 0 unspecified atom stereocenters. The standard InChI is InChI=1S/C14H15N3OS.C2H6/c1-15-13(14-7-19-8-17-14)4-9-6-16-12-3-2-10(18)5-11(9)12;1-2/h2-3,5-8,13,15-16,18H,4H2,1H3;1-2H3/t13-;/m0./s1. The fourth-order valence-electron chi connectivity index (χ4n) is 2.30. The maximum Gasteiger partial charge on any atom is 0.116 e. The summed E-state index contributed by atoms with van der Waals surface area (Å²) in [6.45, 7) is 4.00. The number of phenolic OH excluding ortho intramolecular Hbond substituents is 1. The summed E-state index contributed by atoms with van der Waals surface area (Å²) in [5.74, 6) is 0.294. The number of nitrogens with one attached hydrogen (secondary N) is 2. The molecule has 0 saturated carbocycles. The van der Waals surface area contributed by atoms with Crippen LogP contribution in [-0.4, -0.2) is 22.1 Å². The van der Waals surface area contributed by atoms with E-state index < -0.39 is 0 Å². The van der Waals surface area contributed by atoms with E-state index in [4.69, 9.17) is 0 Å². The molecule has 2 heterocycles. The number of H-pyrrole nitrogens is 1. The molecule has 2 aromatic heterocycles. The minimum atomic E-state index is 0.188. The van der Waals surface area contributed by atoms with Crippen LogP contribution in [0.3, 0.4) is 0 Å². The Labute approximate surface area is 128 Å². The van der Waals surface area contributed by atoms with Crippen molar-refractivity contribution in [3.8, 4) is 5.75 Å². The van der Waals surface area contributed by atoms with Crippen LogP contribution in [0.4, 0.5) is 0 Å². The van der Waals surface area contributed by atoms with Crippen molar-refractivity contribution in [1.29, 1.82) is 0 Å². The summed E-state index contributed by atoms with van der Waals surface area (Å²) >= 11 is 1.60. The van der Waals surface area contributed by atoms with E-state index >= 15 is 0 Å². The summed E-state index contributed by atoms with van der Waals surface area (Å²) in [5, 5.41) is 16.0. The first kappa shape index (κ1) is 15.5. The number of hydrogen-bond acceptors (Lipinski definition) is 4. The summed E-state index contributed by atoms with van der Waals surface area (Å²) in [7, 11) is 1.94. The molecular weight excluding hydrogens is 282 g/mol. The van der Waals surface area contributed by atoms with Gasteiger partial charge < -0.3 is 15.4 Å². The smallest absolute Gasteiger partial charge is 0.116 e. The van der Waals surface area contributed by atoms with Crippen molar-refractivity contribution >= 4 is 22.2 Å². The van der Waals surface area contributed by atoms with Crippen LogP contribution in [0.1, 0.15) is 31.1 Å². The lowest BCUT2D eigenvalue weighted by atomic mass is 10.0. The molecule has 0 amide bonds. The van der Waals surface area contributed by atoms with E-state index in [9.17, 15) is 5.11 Å². The molecule has 0 saturated heterocycles. The van der Waals surface area contributed by atoms with Gasteiger partial charge in [0.15, 0.2) is 0 Å². The maximum absolute atomic E-state index is 9.61. The van der Waals surface area contributed by atoms with Crippen molar-refractivity contribution in [1.82, 2.24) is 15.3 Å². The van der Waals surface area contributed by atoms with Crippen molar-refractivity contribution in [3.05, 3.63) is 46.5 Å². The van der Waals surface area contributed by atoms with Crippen LogP contribution in [0.15, 0.2) is 35.3 Å². The lowest BCUT2D eigenvalue weighted by molar-refractivity contribution is 0.476. The van der Waals surface area contributed by atoms with Gasteiger partial charge in [0.1, 0.15) is 5.75 Å². The average Bonchev–Trinajstić information content (AvgIpc) is 3.16. The van der Waals surface area contributed by atoms with E-state index in [1.807, 2.05) is 38.7 Å². The number of likely N-dealkylation sites (N-methyl/N-ethyl adjacent to an activating group) is 1. The minimum absolute atomic E-state index is 0.188. The molecule has 4 nitrogen and oxygen atoms in total. The summed E-state index contributed by atoms with van der Waals surface area (Å²) in [5.41, 5.74) is 5.13. The number of phenols is 1. The lowest BCUT2D eigenvalue weighted by Gasteiger charge is -2.13. The monoisotopic (exact) mass is 303 g/mol. The largest absolute Gasteiger partial charge is 0.508 e. The summed E-state index contributed by atoms with van der Waals surface area (Å²) < 4.78 is 0. The third-order valence-corrected chi connectivity index (χ3v) is 3.94. The van der Waals surface area contributed by atoms with Gasteiger partial charge in [-0.05, 0) is 37.2 Å². The number of hydrogen-bond donors (Lipinski definition) is 3. The molecule has 1 aromatic carbocycles. The Hall–Kier alpha value is -1.85. The van der Waals surface area contributed by atoms with Crippen molar-refractivity contribution in [3.63, 3.8) is 0 Å². The maximum atomic E-state index is 9.61. The fourth-order valence-corrected chi connectivity index (χ4v) is 2.91. The minimum Gasteiger partial charge on any atom is -0.508 e. The number of fused-ring (bicyclic) bond motifs is 1. The van der Waals surface area contributed by atoms with Gasteiger partial charge in [-0.2, -0.15) is 0 Å². The number of aromatic nitrogens is 2. The third kappa shape index (κ3) is 3.43.